The summed E-state index contributed by atoms with van der Waals surface area (Å²) in [6.07, 6.45) is 1.92. The molecule has 1 amide bonds. The van der Waals surface area contributed by atoms with Gasteiger partial charge in [-0.3, -0.25) is 4.79 Å². The van der Waals surface area contributed by atoms with E-state index in [-0.39, 0.29) is 16.4 Å². The standard InChI is InChI=1S/C22H28N2O4S/c1-15-7-9-19(16(2)13-15)17(3)23-29(26,27)18-8-10-21(28-4)20(14-18)22(25)24-11-5-6-12-24/h7-10,13-14,17,23H,5-6,11-12H2,1-4H3/t17-/m0/s1. The highest BCUT2D eigenvalue weighted by Crippen LogP contribution is 2.27. The van der Waals surface area contributed by atoms with E-state index in [2.05, 4.69) is 4.72 Å². The van der Waals surface area contributed by atoms with Crippen LogP contribution in [-0.4, -0.2) is 39.4 Å². The van der Waals surface area contributed by atoms with Crippen LogP contribution in [0.2, 0.25) is 0 Å². The van der Waals surface area contributed by atoms with Gasteiger partial charge in [0.25, 0.3) is 5.91 Å². The number of rotatable bonds is 6. The molecule has 0 aromatic heterocycles. The zero-order chi connectivity index (χ0) is 21.2. The summed E-state index contributed by atoms with van der Waals surface area (Å²) in [6.45, 7) is 7.14. The van der Waals surface area contributed by atoms with Crippen LogP contribution in [0.3, 0.4) is 0 Å². The van der Waals surface area contributed by atoms with Crippen LogP contribution in [0, 0.1) is 13.8 Å². The predicted molar refractivity (Wildman–Crippen MR) is 113 cm³/mol. The SMILES string of the molecule is COc1ccc(S(=O)(=O)N[C@@H](C)c2ccc(C)cc2C)cc1C(=O)N1CCCC1. The molecule has 1 atom stereocenters. The van der Waals surface area contributed by atoms with Crippen molar-refractivity contribution in [3.63, 3.8) is 0 Å². The number of nitrogens with one attached hydrogen (secondary N) is 1. The molecule has 0 radical (unpaired) electrons. The summed E-state index contributed by atoms with van der Waals surface area (Å²) in [7, 11) is -2.34. The zero-order valence-corrected chi connectivity index (χ0v) is 18.2. The normalized spacial score (nSPS) is 15.4. The van der Waals surface area contributed by atoms with Gasteiger partial charge in [0.05, 0.1) is 17.6 Å². The average molecular weight is 417 g/mol. The van der Waals surface area contributed by atoms with Crippen LogP contribution in [0.1, 0.15) is 52.9 Å². The van der Waals surface area contributed by atoms with Crippen LogP contribution in [-0.2, 0) is 10.0 Å². The molecule has 1 saturated heterocycles. The highest BCUT2D eigenvalue weighted by atomic mass is 32.2. The van der Waals surface area contributed by atoms with Gasteiger partial charge in [0, 0.05) is 19.1 Å². The third-order valence-corrected chi connectivity index (χ3v) is 6.87. The summed E-state index contributed by atoms with van der Waals surface area (Å²) in [5.41, 5.74) is 3.35. The molecule has 2 aromatic rings. The van der Waals surface area contributed by atoms with Gasteiger partial charge in [-0.15, -0.1) is 0 Å². The Hall–Kier alpha value is -2.38. The number of methoxy groups -OCH3 is 1. The maximum atomic E-state index is 13.0. The fourth-order valence-corrected chi connectivity index (χ4v) is 5.04. The first-order chi connectivity index (χ1) is 13.7. The summed E-state index contributed by atoms with van der Waals surface area (Å²) < 4.78 is 34.1. The number of benzene rings is 2. The van der Waals surface area contributed by atoms with Gasteiger partial charge in [-0.1, -0.05) is 23.8 Å². The Morgan fingerprint density at radius 1 is 1.10 bits per heavy atom. The maximum Gasteiger partial charge on any atom is 0.257 e. The van der Waals surface area contributed by atoms with Gasteiger partial charge in [0.1, 0.15) is 5.75 Å². The van der Waals surface area contributed by atoms with E-state index in [1.807, 2.05) is 39.0 Å². The van der Waals surface area contributed by atoms with Crippen LogP contribution in [0.5, 0.6) is 5.75 Å². The minimum atomic E-state index is -3.82. The van der Waals surface area contributed by atoms with Crippen molar-refractivity contribution in [2.45, 2.75) is 44.6 Å². The smallest absolute Gasteiger partial charge is 0.257 e. The van der Waals surface area contributed by atoms with Gasteiger partial charge in [0.15, 0.2) is 0 Å². The lowest BCUT2D eigenvalue weighted by Crippen LogP contribution is -2.29. The Bertz CT molecular complexity index is 1010. The second kappa shape index (κ2) is 8.55. The van der Waals surface area contributed by atoms with Crippen molar-refractivity contribution < 1.29 is 17.9 Å². The number of carbonyl (C=O) groups excluding carboxylic acids is 1. The summed E-state index contributed by atoms with van der Waals surface area (Å²) >= 11 is 0. The first-order valence-electron chi connectivity index (χ1n) is 9.79. The highest BCUT2D eigenvalue weighted by Gasteiger charge is 2.26. The Morgan fingerprint density at radius 2 is 1.79 bits per heavy atom. The number of likely N-dealkylation sites (tertiary alicyclic amines) is 1. The predicted octanol–water partition coefficient (Wildman–Crippen LogP) is 3.59. The van der Waals surface area contributed by atoms with Gasteiger partial charge in [-0.05, 0) is 62.9 Å². The van der Waals surface area contributed by atoms with Crippen molar-refractivity contribution in [3.05, 3.63) is 58.7 Å². The third kappa shape index (κ3) is 4.62. The molecular weight excluding hydrogens is 388 g/mol. The van der Waals surface area contributed by atoms with Crippen LogP contribution in [0.25, 0.3) is 0 Å². The molecule has 1 fully saturated rings. The molecule has 156 valence electrons. The van der Waals surface area contributed by atoms with Crippen LogP contribution in [0.4, 0.5) is 0 Å². The van der Waals surface area contributed by atoms with Crippen LogP contribution < -0.4 is 9.46 Å². The molecule has 1 aliphatic rings. The molecule has 7 heteroatoms. The van der Waals surface area contributed by atoms with E-state index in [0.717, 1.165) is 29.5 Å². The molecular formula is C22H28N2O4S. The van der Waals surface area contributed by atoms with E-state index in [0.29, 0.717) is 18.8 Å². The van der Waals surface area contributed by atoms with Crippen molar-refractivity contribution in [1.29, 1.82) is 0 Å². The number of sulfonamides is 1. The minimum absolute atomic E-state index is 0.0532. The molecule has 3 rings (SSSR count). The van der Waals surface area contributed by atoms with Crippen LogP contribution >= 0.6 is 0 Å². The van der Waals surface area contributed by atoms with Crippen LogP contribution in [0.15, 0.2) is 41.3 Å². The maximum absolute atomic E-state index is 13.0. The molecule has 0 bridgehead atoms. The van der Waals surface area contributed by atoms with Gasteiger partial charge < -0.3 is 9.64 Å². The van der Waals surface area contributed by atoms with Gasteiger partial charge in [-0.25, -0.2) is 13.1 Å². The first kappa shape index (κ1) is 21.3. The van der Waals surface area contributed by atoms with Crippen molar-refractivity contribution >= 4 is 15.9 Å². The quantitative estimate of drug-likeness (QED) is 0.781. The van der Waals surface area contributed by atoms with E-state index >= 15 is 0 Å². The largest absolute Gasteiger partial charge is 0.496 e. The molecule has 0 aliphatic carbocycles. The number of nitrogens with zero attached hydrogens (tertiary/aromatic N) is 1. The molecule has 6 nitrogen and oxygen atoms in total. The lowest BCUT2D eigenvalue weighted by Gasteiger charge is -2.20. The van der Waals surface area contributed by atoms with Crippen molar-refractivity contribution in [2.24, 2.45) is 0 Å². The zero-order valence-electron chi connectivity index (χ0n) is 17.4. The molecule has 0 spiro atoms. The van der Waals surface area contributed by atoms with E-state index < -0.39 is 16.1 Å². The number of ether oxygens (including phenoxy) is 1. The Balaban J connectivity index is 1.90. The number of amides is 1. The number of carbonyl (C=O) groups is 1. The summed E-state index contributed by atoms with van der Waals surface area (Å²) in [5, 5.41) is 0. The first-order valence-corrected chi connectivity index (χ1v) is 11.3. The van der Waals surface area contributed by atoms with Gasteiger partial charge in [-0.2, -0.15) is 0 Å². The number of hydrogen-bond acceptors (Lipinski definition) is 4. The Kier molecular flexibility index (Phi) is 6.29. The molecule has 1 N–H and O–H groups in total. The minimum Gasteiger partial charge on any atom is -0.496 e. The lowest BCUT2D eigenvalue weighted by atomic mass is 10.0. The second-order valence-electron chi connectivity index (χ2n) is 7.56. The van der Waals surface area contributed by atoms with E-state index in [1.165, 1.54) is 19.2 Å². The van der Waals surface area contributed by atoms with Gasteiger partial charge in [0.2, 0.25) is 10.0 Å². The Morgan fingerprint density at radius 3 is 2.41 bits per heavy atom. The summed E-state index contributed by atoms with van der Waals surface area (Å²) in [4.78, 5) is 14.6. The summed E-state index contributed by atoms with van der Waals surface area (Å²) in [5.74, 6) is 0.183. The Labute approximate surface area is 172 Å². The van der Waals surface area contributed by atoms with E-state index in [9.17, 15) is 13.2 Å². The van der Waals surface area contributed by atoms with Crippen molar-refractivity contribution in [1.82, 2.24) is 9.62 Å². The fraction of sp³-hybridized carbons (Fsp3) is 0.409. The van der Waals surface area contributed by atoms with Crippen molar-refractivity contribution in [3.8, 4) is 5.75 Å². The molecule has 2 aromatic carbocycles. The fourth-order valence-electron chi connectivity index (χ4n) is 3.79. The lowest BCUT2D eigenvalue weighted by molar-refractivity contribution is 0.0789. The monoisotopic (exact) mass is 416 g/mol. The molecule has 0 unspecified atom stereocenters. The van der Waals surface area contributed by atoms with E-state index in [4.69, 9.17) is 4.74 Å². The average Bonchev–Trinajstić information content (AvgIpc) is 3.21. The molecule has 1 aliphatic heterocycles. The summed E-state index contributed by atoms with van der Waals surface area (Å²) in [6, 6.07) is 9.95. The number of aryl methyl sites for hydroxylation is 2. The van der Waals surface area contributed by atoms with Gasteiger partial charge >= 0.3 is 0 Å². The molecule has 29 heavy (non-hydrogen) atoms. The topological polar surface area (TPSA) is 75.7 Å². The number of hydrogen-bond donors (Lipinski definition) is 1. The second-order valence-corrected chi connectivity index (χ2v) is 9.28. The van der Waals surface area contributed by atoms with E-state index in [1.54, 1.807) is 11.0 Å². The highest BCUT2D eigenvalue weighted by molar-refractivity contribution is 7.89. The molecule has 1 heterocycles. The third-order valence-electron chi connectivity index (χ3n) is 5.33. The van der Waals surface area contributed by atoms with Crippen molar-refractivity contribution in [2.75, 3.05) is 20.2 Å². The molecule has 0 saturated carbocycles.